The van der Waals surface area contributed by atoms with Crippen LogP contribution < -0.4 is 10.4 Å². The zero-order chi connectivity index (χ0) is 24.9. The number of hydrogen-bond acceptors (Lipinski definition) is 7. The molecule has 3 rings (SSSR count). The molecule has 2 heterocycles. The first kappa shape index (κ1) is 25.9. The van der Waals surface area contributed by atoms with Crippen LogP contribution in [0.4, 0.5) is 0 Å². The molecule has 2 aromatic heterocycles. The average molecular weight is 492 g/mol. The number of rotatable bonds is 12. The van der Waals surface area contributed by atoms with Crippen LogP contribution in [-0.2, 0) is 16.4 Å². The minimum Gasteiger partial charge on any atom is -0.493 e. The van der Waals surface area contributed by atoms with Crippen molar-refractivity contribution >= 4 is 15.7 Å². The van der Waals surface area contributed by atoms with Crippen LogP contribution in [0.5, 0.6) is 5.75 Å². The molecule has 0 bridgehead atoms. The maximum absolute atomic E-state index is 13.4. The summed E-state index contributed by atoms with van der Waals surface area (Å²) in [6.45, 7) is 7.94. The predicted molar refractivity (Wildman–Crippen MR) is 130 cm³/mol. The first-order valence-electron chi connectivity index (χ1n) is 11.6. The van der Waals surface area contributed by atoms with Crippen molar-refractivity contribution in [3.8, 4) is 17.1 Å². The molecule has 0 unspecified atom stereocenters. The number of aryl methyl sites for hydroxylation is 2. The highest BCUT2D eigenvalue weighted by molar-refractivity contribution is 7.89. The minimum absolute atomic E-state index is 0.00139. The second-order valence-electron chi connectivity index (χ2n) is 7.98. The zero-order valence-corrected chi connectivity index (χ0v) is 21.0. The summed E-state index contributed by atoms with van der Waals surface area (Å²) in [6.07, 6.45) is 3.00. The molecule has 34 heavy (non-hydrogen) atoms. The van der Waals surface area contributed by atoms with Crippen molar-refractivity contribution in [2.75, 3.05) is 26.3 Å². The Kier molecular flexibility index (Phi) is 8.45. The van der Waals surface area contributed by atoms with E-state index in [0.29, 0.717) is 54.5 Å². The van der Waals surface area contributed by atoms with Crippen LogP contribution in [0.25, 0.3) is 17.0 Å². The van der Waals surface area contributed by atoms with E-state index in [-0.39, 0.29) is 23.9 Å². The van der Waals surface area contributed by atoms with Crippen LogP contribution in [0.3, 0.4) is 0 Å². The highest BCUT2D eigenvalue weighted by Crippen LogP contribution is 2.31. The van der Waals surface area contributed by atoms with Crippen molar-refractivity contribution in [2.45, 2.75) is 58.3 Å². The SMILES string of the molecule is CCCCN(CCO)S(=O)(=O)c1ccc(OCC)c(-c2nc3c(CCC)nc(C)n3c(=O)[nH]2)c1. The van der Waals surface area contributed by atoms with Crippen LogP contribution in [0, 0.1) is 6.92 Å². The molecule has 3 aromatic rings. The summed E-state index contributed by atoms with van der Waals surface area (Å²) in [5, 5.41) is 9.41. The largest absolute Gasteiger partial charge is 0.493 e. The number of nitrogens with zero attached hydrogens (tertiary/aromatic N) is 4. The van der Waals surface area contributed by atoms with Crippen LogP contribution >= 0.6 is 0 Å². The third-order valence-electron chi connectivity index (χ3n) is 5.48. The number of unbranched alkanes of at least 4 members (excludes halogenated alkanes) is 1. The van der Waals surface area contributed by atoms with Gasteiger partial charge in [0.15, 0.2) is 5.65 Å². The molecule has 186 valence electrons. The molecule has 0 aliphatic rings. The number of ether oxygens (including phenoxy) is 1. The number of hydrogen-bond donors (Lipinski definition) is 2. The number of H-pyrrole nitrogens is 1. The van der Waals surface area contributed by atoms with Crippen LogP contribution in [0.1, 0.15) is 51.6 Å². The summed E-state index contributed by atoms with van der Waals surface area (Å²) >= 11 is 0. The number of aromatic nitrogens is 4. The van der Waals surface area contributed by atoms with Gasteiger partial charge < -0.3 is 9.84 Å². The van der Waals surface area contributed by atoms with Crippen molar-refractivity contribution in [1.29, 1.82) is 0 Å². The van der Waals surface area contributed by atoms with E-state index in [9.17, 15) is 18.3 Å². The monoisotopic (exact) mass is 491 g/mol. The van der Waals surface area contributed by atoms with Crippen molar-refractivity contribution in [3.63, 3.8) is 0 Å². The van der Waals surface area contributed by atoms with E-state index in [1.54, 1.807) is 13.0 Å². The summed E-state index contributed by atoms with van der Waals surface area (Å²) in [7, 11) is -3.88. The van der Waals surface area contributed by atoms with Gasteiger partial charge in [0.1, 0.15) is 17.4 Å². The molecule has 0 aliphatic heterocycles. The molecular weight excluding hydrogens is 458 g/mol. The predicted octanol–water partition coefficient (Wildman–Crippen LogP) is 2.53. The van der Waals surface area contributed by atoms with Gasteiger partial charge in [-0.1, -0.05) is 26.7 Å². The molecule has 2 N–H and O–H groups in total. The Bertz CT molecular complexity index is 1300. The first-order chi connectivity index (χ1) is 16.3. The van der Waals surface area contributed by atoms with Gasteiger partial charge in [0.2, 0.25) is 10.0 Å². The van der Waals surface area contributed by atoms with Crippen molar-refractivity contribution in [2.24, 2.45) is 0 Å². The quantitative estimate of drug-likeness (QED) is 0.398. The normalized spacial score (nSPS) is 12.1. The van der Waals surface area contributed by atoms with E-state index < -0.39 is 15.7 Å². The summed E-state index contributed by atoms with van der Waals surface area (Å²) in [4.78, 5) is 24.8. The fourth-order valence-electron chi connectivity index (χ4n) is 3.84. The third-order valence-corrected chi connectivity index (χ3v) is 7.37. The van der Waals surface area contributed by atoms with E-state index in [2.05, 4.69) is 15.0 Å². The lowest BCUT2D eigenvalue weighted by Gasteiger charge is -2.22. The number of nitrogens with one attached hydrogen (secondary N) is 1. The molecule has 0 spiro atoms. The standard InChI is InChI=1S/C23H33N5O5S/c1-5-8-12-27(13-14-29)34(31,32)17-10-11-20(33-7-3)18(15-17)21-25-22-19(9-6-2)24-16(4)28(22)23(30)26-21/h10-11,15,29H,5-9,12-14H2,1-4H3,(H,25,26,30). The highest BCUT2D eigenvalue weighted by atomic mass is 32.2. The Hall–Kier alpha value is -2.76. The van der Waals surface area contributed by atoms with E-state index >= 15 is 0 Å². The van der Waals surface area contributed by atoms with Crippen LogP contribution in [-0.4, -0.2) is 63.5 Å². The maximum Gasteiger partial charge on any atom is 0.334 e. The molecule has 0 aliphatic carbocycles. The Morgan fingerprint density at radius 2 is 1.91 bits per heavy atom. The zero-order valence-electron chi connectivity index (χ0n) is 20.2. The summed E-state index contributed by atoms with van der Waals surface area (Å²) in [6, 6.07) is 4.51. The molecule has 11 heteroatoms. The first-order valence-corrected chi connectivity index (χ1v) is 13.1. The van der Waals surface area contributed by atoms with Gasteiger partial charge in [-0.2, -0.15) is 4.31 Å². The Balaban J connectivity index is 2.20. The van der Waals surface area contributed by atoms with Gasteiger partial charge in [-0.05, 0) is 44.9 Å². The Morgan fingerprint density at radius 3 is 2.56 bits per heavy atom. The lowest BCUT2D eigenvalue weighted by Crippen LogP contribution is -2.34. The number of aromatic amines is 1. The smallest absolute Gasteiger partial charge is 0.334 e. The topological polar surface area (TPSA) is 130 Å². The van der Waals surface area contributed by atoms with E-state index in [1.807, 2.05) is 20.8 Å². The number of imidazole rings is 1. The molecule has 10 nitrogen and oxygen atoms in total. The molecular formula is C23H33N5O5S. The van der Waals surface area contributed by atoms with Gasteiger partial charge in [0, 0.05) is 13.1 Å². The molecule has 0 saturated heterocycles. The van der Waals surface area contributed by atoms with Crippen LogP contribution in [0.2, 0.25) is 0 Å². The van der Waals surface area contributed by atoms with Gasteiger partial charge in [0.25, 0.3) is 0 Å². The molecule has 0 fully saturated rings. The van der Waals surface area contributed by atoms with Crippen molar-refractivity contribution in [3.05, 3.63) is 40.2 Å². The fourth-order valence-corrected chi connectivity index (χ4v) is 5.34. The molecule has 0 radical (unpaired) electrons. The summed E-state index contributed by atoms with van der Waals surface area (Å²) < 4.78 is 35.2. The van der Waals surface area contributed by atoms with Gasteiger partial charge in [-0.15, -0.1) is 0 Å². The molecule has 0 amide bonds. The lowest BCUT2D eigenvalue weighted by atomic mass is 10.2. The number of aliphatic hydroxyl groups is 1. The van der Waals surface area contributed by atoms with Crippen molar-refractivity contribution in [1.82, 2.24) is 23.7 Å². The molecule has 1 aromatic carbocycles. The van der Waals surface area contributed by atoms with Crippen molar-refractivity contribution < 1.29 is 18.3 Å². The minimum atomic E-state index is -3.88. The van der Waals surface area contributed by atoms with Gasteiger partial charge in [0.05, 0.1) is 29.4 Å². The molecule has 0 atom stereocenters. The number of fused-ring (bicyclic) bond motifs is 1. The Morgan fingerprint density at radius 1 is 1.15 bits per heavy atom. The fraction of sp³-hybridized carbons (Fsp3) is 0.522. The third kappa shape index (κ3) is 5.16. The second kappa shape index (κ2) is 11.1. The van der Waals surface area contributed by atoms with Gasteiger partial charge in [-0.25, -0.2) is 27.6 Å². The lowest BCUT2D eigenvalue weighted by molar-refractivity contribution is 0.252. The summed E-state index contributed by atoms with van der Waals surface area (Å²) in [5.41, 5.74) is 1.11. The van der Waals surface area contributed by atoms with Gasteiger partial charge in [-0.3, -0.25) is 4.98 Å². The average Bonchev–Trinajstić information content (AvgIpc) is 3.12. The summed E-state index contributed by atoms with van der Waals surface area (Å²) in [5.74, 6) is 1.15. The Labute approximate surface area is 199 Å². The number of benzene rings is 1. The number of sulfonamides is 1. The second-order valence-corrected chi connectivity index (χ2v) is 9.92. The van der Waals surface area contributed by atoms with E-state index in [4.69, 9.17) is 4.74 Å². The number of aliphatic hydroxyl groups excluding tert-OH is 1. The van der Waals surface area contributed by atoms with Crippen LogP contribution in [0.15, 0.2) is 27.9 Å². The maximum atomic E-state index is 13.4. The molecule has 0 saturated carbocycles. The van der Waals surface area contributed by atoms with Gasteiger partial charge >= 0.3 is 5.69 Å². The highest BCUT2D eigenvalue weighted by Gasteiger charge is 2.26. The van der Waals surface area contributed by atoms with E-state index in [0.717, 1.165) is 12.8 Å². The van der Waals surface area contributed by atoms with E-state index in [1.165, 1.54) is 20.8 Å².